The lowest BCUT2D eigenvalue weighted by atomic mass is 9.83. The summed E-state index contributed by atoms with van der Waals surface area (Å²) in [4.78, 5) is 0. The highest BCUT2D eigenvalue weighted by atomic mass is 16.3. The molecule has 2 aromatic rings. The van der Waals surface area contributed by atoms with Crippen molar-refractivity contribution in [3.8, 4) is 0 Å². The Bertz CT molecular complexity index is 625. The van der Waals surface area contributed by atoms with Gasteiger partial charge in [-0.3, -0.25) is 0 Å². The Labute approximate surface area is 121 Å². The van der Waals surface area contributed by atoms with Crippen molar-refractivity contribution >= 4 is 0 Å². The van der Waals surface area contributed by atoms with Crippen molar-refractivity contribution in [1.82, 2.24) is 0 Å². The Morgan fingerprint density at radius 1 is 0.900 bits per heavy atom. The normalized spacial score (nSPS) is 17.4. The Morgan fingerprint density at radius 3 is 2.35 bits per heavy atom. The van der Waals surface area contributed by atoms with Crippen LogP contribution in [-0.4, -0.2) is 5.11 Å². The number of benzene rings is 2. The summed E-state index contributed by atoms with van der Waals surface area (Å²) in [5.74, 6) is 0. The van der Waals surface area contributed by atoms with E-state index < -0.39 is 5.60 Å². The average molecular weight is 266 g/mol. The second-order valence-corrected chi connectivity index (χ2v) is 6.13. The van der Waals surface area contributed by atoms with Crippen LogP contribution in [0.4, 0.5) is 0 Å². The molecule has 0 heterocycles. The van der Waals surface area contributed by atoms with Crippen LogP contribution >= 0.6 is 0 Å². The summed E-state index contributed by atoms with van der Waals surface area (Å²) in [5.41, 5.74) is 5.11. The third kappa shape index (κ3) is 2.38. The van der Waals surface area contributed by atoms with Gasteiger partial charge in [-0.05, 0) is 61.8 Å². The molecule has 20 heavy (non-hydrogen) atoms. The van der Waals surface area contributed by atoms with Gasteiger partial charge >= 0.3 is 0 Å². The van der Waals surface area contributed by atoms with E-state index in [1.165, 1.54) is 36.0 Å². The zero-order chi connectivity index (χ0) is 14.2. The van der Waals surface area contributed by atoms with Gasteiger partial charge in [0.05, 0.1) is 0 Å². The van der Waals surface area contributed by atoms with Crippen LogP contribution in [0.2, 0.25) is 0 Å². The second-order valence-electron chi connectivity index (χ2n) is 6.13. The van der Waals surface area contributed by atoms with E-state index >= 15 is 0 Å². The molecule has 1 aliphatic carbocycles. The van der Waals surface area contributed by atoms with Crippen LogP contribution in [0.5, 0.6) is 0 Å². The van der Waals surface area contributed by atoms with Crippen LogP contribution in [0.1, 0.15) is 47.6 Å². The Hall–Kier alpha value is -1.60. The summed E-state index contributed by atoms with van der Waals surface area (Å²) in [7, 11) is 0. The highest BCUT2D eigenvalue weighted by Crippen LogP contribution is 2.32. The molecule has 1 N–H and O–H groups in total. The maximum atomic E-state index is 11.0. The van der Waals surface area contributed by atoms with Gasteiger partial charge in [-0.25, -0.2) is 0 Å². The van der Waals surface area contributed by atoms with Crippen molar-refractivity contribution in [2.45, 2.75) is 45.1 Å². The molecule has 1 unspecified atom stereocenters. The minimum atomic E-state index is -0.918. The highest BCUT2D eigenvalue weighted by Gasteiger charge is 2.26. The highest BCUT2D eigenvalue weighted by molar-refractivity contribution is 5.42. The van der Waals surface area contributed by atoms with Crippen molar-refractivity contribution in [2.75, 3.05) is 0 Å². The summed E-state index contributed by atoms with van der Waals surface area (Å²) in [5, 5.41) is 11.0. The third-order valence-corrected chi connectivity index (χ3v) is 4.49. The number of hydrogen-bond donors (Lipinski definition) is 1. The van der Waals surface area contributed by atoms with Crippen molar-refractivity contribution in [3.05, 3.63) is 70.3 Å². The van der Waals surface area contributed by atoms with Gasteiger partial charge in [0.2, 0.25) is 0 Å². The fourth-order valence-corrected chi connectivity index (χ4v) is 3.15. The number of rotatable bonds is 2. The topological polar surface area (TPSA) is 20.2 Å². The van der Waals surface area contributed by atoms with E-state index in [-0.39, 0.29) is 0 Å². The molecule has 104 valence electrons. The molecule has 0 aromatic heterocycles. The maximum absolute atomic E-state index is 11.0. The minimum absolute atomic E-state index is 0.918. The lowest BCUT2D eigenvalue weighted by Crippen LogP contribution is -2.23. The van der Waals surface area contributed by atoms with Crippen LogP contribution in [0.3, 0.4) is 0 Å². The van der Waals surface area contributed by atoms with E-state index in [0.29, 0.717) is 0 Å². The summed E-state index contributed by atoms with van der Waals surface area (Å²) in [6.45, 7) is 3.96. The molecule has 0 bridgehead atoms. The van der Waals surface area contributed by atoms with E-state index in [2.05, 4.69) is 37.3 Å². The Morgan fingerprint density at radius 2 is 1.60 bits per heavy atom. The van der Waals surface area contributed by atoms with E-state index in [9.17, 15) is 5.11 Å². The molecule has 0 amide bonds. The Kier molecular flexibility index (Phi) is 3.39. The number of hydrogen-bond acceptors (Lipinski definition) is 1. The molecule has 0 spiro atoms. The van der Waals surface area contributed by atoms with E-state index in [1.807, 2.05) is 19.1 Å². The van der Waals surface area contributed by atoms with Crippen LogP contribution < -0.4 is 0 Å². The lowest BCUT2D eigenvalue weighted by molar-refractivity contribution is 0.102. The molecule has 0 saturated carbocycles. The van der Waals surface area contributed by atoms with Gasteiger partial charge in [-0.15, -0.1) is 0 Å². The van der Waals surface area contributed by atoms with Gasteiger partial charge in [-0.2, -0.15) is 0 Å². The number of fused-ring (bicyclic) bond motifs is 1. The molecular weight excluding hydrogens is 244 g/mol. The van der Waals surface area contributed by atoms with E-state index in [4.69, 9.17) is 0 Å². The first-order chi connectivity index (χ1) is 9.57. The monoisotopic (exact) mass is 266 g/mol. The lowest BCUT2D eigenvalue weighted by Gasteiger charge is -2.27. The van der Waals surface area contributed by atoms with Crippen LogP contribution in [0.25, 0.3) is 0 Å². The first-order valence-electron chi connectivity index (χ1n) is 7.49. The summed E-state index contributed by atoms with van der Waals surface area (Å²) >= 11 is 0. The molecule has 0 aliphatic heterocycles. The molecule has 0 fully saturated rings. The zero-order valence-corrected chi connectivity index (χ0v) is 12.3. The van der Waals surface area contributed by atoms with Crippen LogP contribution in [0, 0.1) is 6.92 Å². The fraction of sp³-hybridized carbons (Fsp3) is 0.368. The Balaban J connectivity index is 2.02. The standard InChI is InChI=1S/C19H22O/c1-14-6-5-9-17(12-14)19(2,20)18-11-10-15-7-3-4-8-16(15)13-18/h5-6,9-13,20H,3-4,7-8H2,1-2H3. The first kappa shape index (κ1) is 13.4. The maximum Gasteiger partial charge on any atom is 0.112 e. The molecule has 3 rings (SSSR count). The molecule has 2 aromatic carbocycles. The summed E-state index contributed by atoms with van der Waals surface area (Å²) in [6.07, 6.45) is 4.89. The van der Waals surface area contributed by atoms with Gasteiger partial charge in [0.15, 0.2) is 0 Å². The molecule has 1 atom stereocenters. The molecule has 0 saturated heterocycles. The smallest absolute Gasteiger partial charge is 0.112 e. The zero-order valence-electron chi connectivity index (χ0n) is 12.3. The van der Waals surface area contributed by atoms with Gasteiger partial charge in [-0.1, -0.05) is 48.0 Å². The summed E-state index contributed by atoms with van der Waals surface area (Å²) < 4.78 is 0. The number of aliphatic hydroxyl groups is 1. The van der Waals surface area contributed by atoms with Gasteiger partial charge in [0.1, 0.15) is 5.60 Å². The van der Waals surface area contributed by atoms with Gasteiger partial charge in [0, 0.05) is 0 Å². The van der Waals surface area contributed by atoms with Gasteiger partial charge < -0.3 is 5.11 Å². The predicted octanol–water partition coefficient (Wildman–Crippen LogP) is 4.13. The largest absolute Gasteiger partial charge is 0.381 e. The summed E-state index contributed by atoms with van der Waals surface area (Å²) in [6, 6.07) is 14.6. The van der Waals surface area contributed by atoms with Crippen molar-refractivity contribution in [3.63, 3.8) is 0 Å². The quantitative estimate of drug-likeness (QED) is 0.866. The van der Waals surface area contributed by atoms with Crippen LogP contribution in [-0.2, 0) is 18.4 Å². The van der Waals surface area contributed by atoms with Crippen molar-refractivity contribution < 1.29 is 5.11 Å². The second kappa shape index (κ2) is 5.06. The third-order valence-electron chi connectivity index (χ3n) is 4.49. The van der Waals surface area contributed by atoms with Crippen molar-refractivity contribution in [1.29, 1.82) is 0 Å². The molecule has 0 radical (unpaired) electrons. The fourth-order valence-electron chi connectivity index (χ4n) is 3.15. The van der Waals surface area contributed by atoms with Crippen LogP contribution in [0.15, 0.2) is 42.5 Å². The minimum Gasteiger partial charge on any atom is -0.381 e. The first-order valence-corrected chi connectivity index (χ1v) is 7.49. The molecule has 1 nitrogen and oxygen atoms in total. The molecule has 1 heteroatoms. The average Bonchev–Trinajstić information content (AvgIpc) is 2.46. The molecular formula is C19H22O. The van der Waals surface area contributed by atoms with Crippen molar-refractivity contribution in [2.24, 2.45) is 0 Å². The van der Waals surface area contributed by atoms with E-state index in [0.717, 1.165) is 17.5 Å². The van der Waals surface area contributed by atoms with E-state index in [1.54, 1.807) is 0 Å². The number of aryl methyl sites for hydroxylation is 3. The SMILES string of the molecule is Cc1cccc(C(C)(O)c2ccc3c(c2)CCCC3)c1. The predicted molar refractivity (Wildman–Crippen MR) is 82.9 cm³/mol. The van der Waals surface area contributed by atoms with Gasteiger partial charge in [0.25, 0.3) is 0 Å². The molecule has 1 aliphatic rings.